The van der Waals surface area contributed by atoms with E-state index in [1.54, 1.807) is 6.20 Å². The molecule has 2 aromatic heterocycles. The fourth-order valence-corrected chi connectivity index (χ4v) is 5.39. The second kappa shape index (κ2) is 10.6. The van der Waals surface area contributed by atoms with Crippen LogP contribution in [0.1, 0.15) is 11.1 Å². The van der Waals surface area contributed by atoms with Gasteiger partial charge in [0.1, 0.15) is 5.75 Å². The van der Waals surface area contributed by atoms with Crippen molar-refractivity contribution >= 4 is 10.9 Å². The van der Waals surface area contributed by atoms with Gasteiger partial charge in [0.05, 0.1) is 5.69 Å². The average Bonchev–Trinajstić information content (AvgIpc) is 3.37. The molecule has 3 heterocycles. The molecule has 0 bridgehead atoms. The minimum absolute atomic E-state index is 0.330. The highest BCUT2D eigenvalue weighted by atomic mass is 16.3. The van der Waals surface area contributed by atoms with Crippen LogP contribution in [0.2, 0.25) is 0 Å². The molecule has 1 saturated heterocycles. The molecule has 1 aliphatic rings. The van der Waals surface area contributed by atoms with Gasteiger partial charge in [-0.1, -0.05) is 72.8 Å². The van der Waals surface area contributed by atoms with Gasteiger partial charge in [0.2, 0.25) is 0 Å². The molecule has 37 heavy (non-hydrogen) atoms. The topological polar surface area (TPSA) is 55.4 Å². The smallest absolute Gasteiger partial charge is 0.132 e. The molecule has 186 valence electrons. The van der Waals surface area contributed by atoms with Gasteiger partial charge in [-0.05, 0) is 35.2 Å². The zero-order valence-electron chi connectivity index (χ0n) is 21.0. The first-order valence-electron chi connectivity index (χ1n) is 13.1. The predicted octanol–water partition coefficient (Wildman–Crippen LogP) is 5.96. The highest BCUT2D eigenvalue weighted by molar-refractivity contribution is 5.90. The van der Waals surface area contributed by atoms with Crippen molar-refractivity contribution < 1.29 is 5.11 Å². The molecule has 0 amide bonds. The van der Waals surface area contributed by atoms with Gasteiger partial charge >= 0.3 is 0 Å². The van der Waals surface area contributed by atoms with Crippen LogP contribution in [0.4, 0.5) is 0 Å². The number of aromatic hydroxyl groups is 1. The van der Waals surface area contributed by atoms with E-state index in [-0.39, 0.29) is 0 Å². The van der Waals surface area contributed by atoms with Gasteiger partial charge in [-0.2, -0.15) is 0 Å². The Kier molecular flexibility index (Phi) is 6.72. The first-order valence-corrected chi connectivity index (χ1v) is 13.1. The number of phenolic OH excluding ortho intramolecular Hbond substituents is 1. The van der Waals surface area contributed by atoms with Crippen LogP contribution < -0.4 is 0 Å². The molecule has 6 rings (SSSR count). The highest BCUT2D eigenvalue weighted by Gasteiger charge is 2.20. The van der Waals surface area contributed by atoms with E-state index in [4.69, 9.17) is 0 Å². The SMILES string of the molecule is Oc1c(-c2ccccc2)ccc(CCN2CCN(Cc3ccccc3)CC2)c1-c1cc2cnccc2[nH]1. The maximum Gasteiger partial charge on any atom is 0.132 e. The van der Waals surface area contributed by atoms with E-state index >= 15 is 0 Å². The lowest BCUT2D eigenvalue weighted by Gasteiger charge is -2.34. The van der Waals surface area contributed by atoms with Crippen LogP contribution in [0, 0.1) is 0 Å². The standard InChI is InChI=1S/C32H32N4O/c37-32-28(25-9-5-2-6-10-25)12-11-26(31(32)30-21-27-22-33-15-13-29(27)34-30)14-16-35-17-19-36(20-18-35)23-24-7-3-1-4-8-24/h1-13,15,21-22,34,37H,14,16-20,23H2. The van der Waals surface area contributed by atoms with Gasteiger partial charge < -0.3 is 15.0 Å². The number of phenols is 1. The van der Waals surface area contributed by atoms with Crippen molar-refractivity contribution in [1.29, 1.82) is 0 Å². The van der Waals surface area contributed by atoms with E-state index in [1.165, 1.54) is 5.56 Å². The van der Waals surface area contributed by atoms with Gasteiger partial charge in [0.25, 0.3) is 0 Å². The van der Waals surface area contributed by atoms with E-state index < -0.39 is 0 Å². The molecule has 5 nitrogen and oxygen atoms in total. The quantitative estimate of drug-likeness (QED) is 0.297. The molecule has 0 unspecified atom stereocenters. The average molecular weight is 489 g/mol. The highest BCUT2D eigenvalue weighted by Crippen LogP contribution is 2.41. The summed E-state index contributed by atoms with van der Waals surface area (Å²) in [5.74, 6) is 0.330. The molecule has 5 heteroatoms. The van der Waals surface area contributed by atoms with E-state index in [0.717, 1.165) is 84.5 Å². The summed E-state index contributed by atoms with van der Waals surface area (Å²) in [4.78, 5) is 12.9. The fourth-order valence-electron chi connectivity index (χ4n) is 5.39. The number of rotatable bonds is 7. The third kappa shape index (κ3) is 5.15. The van der Waals surface area contributed by atoms with Crippen LogP contribution in [0.5, 0.6) is 5.75 Å². The number of H-pyrrole nitrogens is 1. The summed E-state index contributed by atoms with van der Waals surface area (Å²) in [5, 5.41) is 12.6. The molecule has 1 aliphatic heterocycles. The molecule has 5 aromatic rings. The normalized spacial score (nSPS) is 14.8. The lowest BCUT2D eigenvalue weighted by Crippen LogP contribution is -2.46. The Morgan fingerprint density at radius 2 is 1.54 bits per heavy atom. The van der Waals surface area contributed by atoms with E-state index in [9.17, 15) is 5.11 Å². The van der Waals surface area contributed by atoms with Gasteiger partial charge in [0, 0.05) is 73.7 Å². The number of nitrogens with one attached hydrogen (secondary N) is 1. The molecule has 1 fully saturated rings. The van der Waals surface area contributed by atoms with Gasteiger partial charge in [0.15, 0.2) is 0 Å². The molecular formula is C32H32N4O. The van der Waals surface area contributed by atoms with E-state index in [2.05, 4.69) is 68.3 Å². The molecule has 0 atom stereocenters. The van der Waals surface area contributed by atoms with Crippen molar-refractivity contribution in [3.05, 3.63) is 108 Å². The van der Waals surface area contributed by atoms with E-state index in [1.807, 2.05) is 42.6 Å². The van der Waals surface area contributed by atoms with Crippen molar-refractivity contribution in [2.75, 3.05) is 32.7 Å². The number of fused-ring (bicyclic) bond motifs is 1. The zero-order chi connectivity index (χ0) is 25.0. The van der Waals surface area contributed by atoms with E-state index in [0.29, 0.717) is 5.75 Å². The van der Waals surface area contributed by atoms with Crippen LogP contribution in [0.15, 0.2) is 97.3 Å². The van der Waals surface area contributed by atoms with Crippen molar-refractivity contribution in [3.63, 3.8) is 0 Å². The molecule has 0 spiro atoms. The summed E-state index contributed by atoms with van der Waals surface area (Å²) in [7, 11) is 0. The second-order valence-corrected chi connectivity index (χ2v) is 9.86. The predicted molar refractivity (Wildman–Crippen MR) is 150 cm³/mol. The van der Waals surface area contributed by atoms with Crippen molar-refractivity contribution in [2.24, 2.45) is 0 Å². The summed E-state index contributed by atoms with van der Waals surface area (Å²) in [6.45, 7) is 6.27. The molecule has 3 aromatic carbocycles. The minimum Gasteiger partial charge on any atom is -0.507 e. The van der Waals surface area contributed by atoms with Crippen LogP contribution in [0.3, 0.4) is 0 Å². The number of pyridine rings is 1. The fraction of sp³-hybridized carbons (Fsp3) is 0.219. The van der Waals surface area contributed by atoms with Gasteiger partial charge in [-0.3, -0.25) is 9.88 Å². The molecule has 0 saturated carbocycles. The maximum absolute atomic E-state index is 11.6. The van der Waals surface area contributed by atoms with Crippen molar-refractivity contribution in [1.82, 2.24) is 19.8 Å². The molecule has 2 N–H and O–H groups in total. The Morgan fingerprint density at radius 1 is 0.811 bits per heavy atom. The maximum atomic E-state index is 11.6. The Labute approximate surface area is 218 Å². The number of aromatic amines is 1. The Morgan fingerprint density at radius 3 is 2.30 bits per heavy atom. The monoisotopic (exact) mass is 488 g/mol. The summed E-state index contributed by atoms with van der Waals surface area (Å²) >= 11 is 0. The lowest BCUT2D eigenvalue weighted by atomic mass is 9.94. The Bertz CT molecular complexity index is 1440. The Hall–Kier alpha value is -3.93. The van der Waals surface area contributed by atoms with Crippen molar-refractivity contribution in [3.8, 4) is 28.1 Å². The molecular weight excluding hydrogens is 456 g/mol. The minimum atomic E-state index is 0.330. The van der Waals surface area contributed by atoms with Gasteiger partial charge in [-0.25, -0.2) is 0 Å². The summed E-state index contributed by atoms with van der Waals surface area (Å²) in [6.07, 6.45) is 4.54. The van der Waals surface area contributed by atoms with Crippen molar-refractivity contribution in [2.45, 2.75) is 13.0 Å². The number of piperazine rings is 1. The first kappa shape index (κ1) is 23.5. The summed E-state index contributed by atoms with van der Waals surface area (Å²) in [6, 6.07) is 29.2. The third-order valence-electron chi connectivity index (χ3n) is 7.45. The van der Waals surface area contributed by atoms with Crippen LogP contribution in [-0.2, 0) is 13.0 Å². The third-order valence-corrected chi connectivity index (χ3v) is 7.45. The Balaban J connectivity index is 1.22. The largest absolute Gasteiger partial charge is 0.507 e. The number of nitrogens with zero attached hydrogens (tertiary/aromatic N) is 3. The van der Waals surface area contributed by atoms with Crippen LogP contribution in [-0.4, -0.2) is 57.6 Å². The number of hydrogen-bond donors (Lipinski definition) is 2. The lowest BCUT2D eigenvalue weighted by molar-refractivity contribution is 0.128. The second-order valence-electron chi connectivity index (χ2n) is 9.86. The number of hydrogen-bond acceptors (Lipinski definition) is 4. The van der Waals surface area contributed by atoms with Crippen LogP contribution >= 0.6 is 0 Å². The first-order chi connectivity index (χ1) is 18.2. The van der Waals surface area contributed by atoms with Crippen LogP contribution in [0.25, 0.3) is 33.3 Å². The zero-order valence-corrected chi connectivity index (χ0v) is 21.0. The molecule has 0 aliphatic carbocycles. The summed E-state index contributed by atoms with van der Waals surface area (Å²) < 4.78 is 0. The van der Waals surface area contributed by atoms with Gasteiger partial charge in [-0.15, -0.1) is 0 Å². The number of benzene rings is 3. The summed E-state index contributed by atoms with van der Waals surface area (Å²) in [5.41, 5.74) is 7.24. The number of aromatic nitrogens is 2. The molecule has 0 radical (unpaired) electrons.